The summed E-state index contributed by atoms with van der Waals surface area (Å²) in [5.74, 6) is 0.685. The van der Waals surface area contributed by atoms with Gasteiger partial charge in [-0.15, -0.1) is 0 Å². The standard InChI is InChI=1S/C24H30ClN3O2/c1-6-28-22-10-16(2)18(11-21(22)17(3)13-24(28,4)5)14-26-27-23(29)15-30-20-9-7-8-19(25)12-20/h7-12,14,17H,6,13,15H2,1-5H3,(H,27,29)/b26-14+/t17-/m1/s1. The van der Waals surface area contributed by atoms with Crippen LogP contribution in [0.5, 0.6) is 5.75 Å². The second kappa shape index (κ2) is 9.09. The summed E-state index contributed by atoms with van der Waals surface area (Å²) in [6.07, 6.45) is 2.81. The monoisotopic (exact) mass is 427 g/mol. The summed E-state index contributed by atoms with van der Waals surface area (Å²) < 4.78 is 5.43. The summed E-state index contributed by atoms with van der Waals surface area (Å²) in [4.78, 5) is 14.5. The molecule has 0 saturated carbocycles. The first kappa shape index (κ1) is 22.2. The van der Waals surface area contributed by atoms with Crippen LogP contribution in [0.1, 0.15) is 56.7 Å². The van der Waals surface area contributed by atoms with Gasteiger partial charge in [0.2, 0.25) is 0 Å². The Morgan fingerprint density at radius 2 is 2.13 bits per heavy atom. The van der Waals surface area contributed by atoms with Gasteiger partial charge in [0.05, 0.1) is 6.21 Å². The maximum Gasteiger partial charge on any atom is 0.277 e. The van der Waals surface area contributed by atoms with E-state index in [-0.39, 0.29) is 18.1 Å². The fourth-order valence-corrected chi connectivity index (χ4v) is 4.48. The van der Waals surface area contributed by atoms with Crippen molar-refractivity contribution in [2.24, 2.45) is 5.10 Å². The number of aryl methyl sites for hydroxylation is 1. The summed E-state index contributed by atoms with van der Waals surface area (Å²) >= 11 is 5.91. The molecule has 1 heterocycles. The first-order valence-electron chi connectivity index (χ1n) is 10.3. The summed E-state index contributed by atoms with van der Waals surface area (Å²) in [7, 11) is 0. The summed E-state index contributed by atoms with van der Waals surface area (Å²) in [6, 6.07) is 11.4. The Morgan fingerprint density at radius 1 is 1.37 bits per heavy atom. The van der Waals surface area contributed by atoms with Crippen LogP contribution in [-0.2, 0) is 4.79 Å². The second-order valence-electron chi connectivity index (χ2n) is 8.47. The zero-order chi connectivity index (χ0) is 21.9. The van der Waals surface area contributed by atoms with Crippen molar-refractivity contribution in [3.8, 4) is 5.75 Å². The number of rotatable bonds is 6. The molecule has 1 N–H and O–H groups in total. The molecule has 1 atom stereocenters. The van der Waals surface area contributed by atoms with Gasteiger partial charge in [-0.2, -0.15) is 5.10 Å². The average Bonchev–Trinajstić information content (AvgIpc) is 2.67. The van der Waals surface area contributed by atoms with Crippen molar-refractivity contribution in [2.45, 2.75) is 52.5 Å². The fourth-order valence-electron chi connectivity index (χ4n) is 4.30. The van der Waals surface area contributed by atoms with Crippen LogP contribution >= 0.6 is 11.6 Å². The Hall–Kier alpha value is -2.53. The molecular formula is C24H30ClN3O2. The first-order valence-corrected chi connectivity index (χ1v) is 10.7. The van der Waals surface area contributed by atoms with Crippen LogP contribution in [0.3, 0.4) is 0 Å². The van der Waals surface area contributed by atoms with Crippen LogP contribution in [-0.4, -0.2) is 30.8 Å². The van der Waals surface area contributed by atoms with Gasteiger partial charge < -0.3 is 9.64 Å². The number of hydrazone groups is 1. The van der Waals surface area contributed by atoms with E-state index in [2.05, 4.69) is 62.2 Å². The lowest BCUT2D eigenvalue weighted by molar-refractivity contribution is -0.123. The molecule has 2 aromatic rings. The van der Waals surface area contributed by atoms with Gasteiger partial charge in [0.25, 0.3) is 5.91 Å². The van der Waals surface area contributed by atoms with Crippen molar-refractivity contribution >= 4 is 29.4 Å². The van der Waals surface area contributed by atoms with Gasteiger partial charge in [-0.1, -0.05) is 24.6 Å². The molecule has 1 aliphatic rings. The van der Waals surface area contributed by atoms with Crippen LogP contribution < -0.4 is 15.1 Å². The number of nitrogens with one attached hydrogen (secondary N) is 1. The van der Waals surface area contributed by atoms with E-state index >= 15 is 0 Å². The second-order valence-corrected chi connectivity index (χ2v) is 8.91. The fraction of sp³-hybridized carbons (Fsp3) is 0.417. The topological polar surface area (TPSA) is 53.9 Å². The Kier molecular flexibility index (Phi) is 6.71. The van der Waals surface area contributed by atoms with Crippen LogP contribution in [0.15, 0.2) is 41.5 Å². The van der Waals surface area contributed by atoms with Gasteiger partial charge >= 0.3 is 0 Å². The first-order chi connectivity index (χ1) is 14.2. The number of halogens is 1. The normalized spacial score (nSPS) is 17.7. The third kappa shape index (κ3) is 4.96. The Balaban J connectivity index is 1.67. The number of benzene rings is 2. The number of carbonyl (C=O) groups excluding carboxylic acids is 1. The lowest BCUT2D eigenvalue weighted by atomic mass is 9.79. The minimum atomic E-state index is -0.325. The van der Waals surface area contributed by atoms with E-state index in [1.807, 2.05) is 0 Å². The van der Waals surface area contributed by atoms with Gasteiger partial charge in [0.1, 0.15) is 5.75 Å². The van der Waals surface area contributed by atoms with E-state index in [0.29, 0.717) is 16.7 Å². The molecule has 2 aromatic carbocycles. The highest BCUT2D eigenvalue weighted by atomic mass is 35.5. The molecule has 3 rings (SSSR count). The van der Waals surface area contributed by atoms with Crippen molar-refractivity contribution in [1.29, 1.82) is 0 Å². The molecule has 30 heavy (non-hydrogen) atoms. The van der Waals surface area contributed by atoms with Crippen LogP contribution in [0.2, 0.25) is 5.02 Å². The van der Waals surface area contributed by atoms with E-state index in [1.54, 1.807) is 30.5 Å². The van der Waals surface area contributed by atoms with Gasteiger partial charge in [-0.05, 0) is 87.1 Å². The van der Waals surface area contributed by atoms with E-state index < -0.39 is 0 Å². The molecule has 1 aliphatic heterocycles. The molecule has 0 aliphatic carbocycles. The molecule has 0 spiro atoms. The SMILES string of the molecule is CCN1c2cc(C)c(/C=N/NC(=O)COc3cccc(Cl)c3)cc2[C@H](C)CC1(C)C. The molecule has 5 nitrogen and oxygen atoms in total. The smallest absolute Gasteiger partial charge is 0.277 e. The highest BCUT2D eigenvalue weighted by molar-refractivity contribution is 6.30. The van der Waals surface area contributed by atoms with Crippen molar-refractivity contribution in [3.63, 3.8) is 0 Å². The number of hydrogen-bond acceptors (Lipinski definition) is 4. The molecule has 0 fully saturated rings. The number of ether oxygens (including phenoxy) is 1. The largest absolute Gasteiger partial charge is 0.484 e. The maximum absolute atomic E-state index is 12.0. The minimum absolute atomic E-state index is 0.127. The third-order valence-corrected chi connectivity index (χ3v) is 5.88. The van der Waals surface area contributed by atoms with Crippen molar-refractivity contribution in [1.82, 2.24) is 5.43 Å². The average molecular weight is 428 g/mol. The van der Waals surface area contributed by atoms with Gasteiger partial charge in [0, 0.05) is 22.8 Å². The lowest BCUT2D eigenvalue weighted by Crippen LogP contribution is -2.48. The quantitative estimate of drug-likeness (QED) is 0.503. The number of nitrogens with zero attached hydrogens (tertiary/aromatic N) is 2. The molecule has 1 amide bonds. The summed E-state index contributed by atoms with van der Waals surface area (Å²) in [5, 5.41) is 4.69. The van der Waals surface area contributed by atoms with E-state index in [1.165, 1.54) is 11.3 Å². The molecule has 6 heteroatoms. The van der Waals surface area contributed by atoms with E-state index in [4.69, 9.17) is 16.3 Å². The molecule has 0 radical (unpaired) electrons. The number of hydrogen-bond donors (Lipinski definition) is 1. The molecule has 0 aromatic heterocycles. The highest BCUT2D eigenvalue weighted by Gasteiger charge is 2.35. The Morgan fingerprint density at radius 3 is 2.83 bits per heavy atom. The minimum Gasteiger partial charge on any atom is -0.484 e. The number of amides is 1. The molecule has 160 valence electrons. The lowest BCUT2D eigenvalue weighted by Gasteiger charge is -2.47. The zero-order valence-electron chi connectivity index (χ0n) is 18.3. The third-order valence-electron chi connectivity index (χ3n) is 5.65. The van der Waals surface area contributed by atoms with Crippen LogP contribution in [0, 0.1) is 6.92 Å². The number of fused-ring (bicyclic) bond motifs is 1. The summed E-state index contributed by atoms with van der Waals surface area (Å²) in [6.45, 7) is 12.0. The maximum atomic E-state index is 12.0. The van der Waals surface area contributed by atoms with Crippen molar-refractivity contribution in [3.05, 3.63) is 58.1 Å². The Labute approximate surface area is 184 Å². The molecule has 0 bridgehead atoms. The van der Waals surface area contributed by atoms with E-state index in [9.17, 15) is 4.79 Å². The van der Waals surface area contributed by atoms with Gasteiger partial charge in [-0.3, -0.25) is 4.79 Å². The van der Waals surface area contributed by atoms with Crippen LogP contribution in [0.4, 0.5) is 5.69 Å². The Bertz CT molecular complexity index is 955. The predicted octanol–water partition coefficient (Wildman–Crippen LogP) is 5.29. The predicted molar refractivity (Wildman–Crippen MR) is 124 cm³/mol. The molecular weight excluding hydrogens is 398 g/mol. The zero-order valence-corrected chi connectivity index (χ0v) is 19.1. The molecule has 0 unspecified atom stereocenters. The van der Waals surface area contributed by atoms with Crippen molar-refractivity contribution < 1.29 is 9.53 Å². The van der Waals surface area contributed by atoms with Crippen LogP contribution in [0.25, 0.3) is 0 Å². The van der Waals surface area contributed by atoms with E-state index in [0.717, 1.165) is 24.1 Å². The molecule has 0 saturated heterocycles. The summed E-state index contributed by atoms with van der Waals surface area (Å²) in [5.41, 5.74) is 7.44. The van der Waals surface area contributed by atoms with Crippen molar-refractivity contribution in [2.75, 3.05) is 18.1 Å². The van der Waals surface area contributed by atoms with Gasteiger partial charge in [-0.25, -0.2) is 5.43 Å². The highest BCUT2D eigenvalue weighted by Crippen LogP contribution is 2.43. The van der Waals surface area contributed by atoms with Gasteiger partial charge in [0.15, 0.2) is 6.61 Å². The number of carbonyl (C=O) groups is 1. The number of anilines is 1.